The van der Waals surface area contributed by atoms with Crippen molar-refractivity contribution < 1.29 is 0 Å². The molecule has 0 N–H and O–H groups in total. The average Bonchev–Trinajstić information content (AvgIpc) is 2.90. The van der Waals surface area contributed by atoms with Crippen LogP contribution in [0, 0.1) is 16.7 Å². The van der Waals surface area contributed by atoms with Crippen molar-refractivity contribution in [2.24, 2.45) is 5.41 Å². The normalized spacial score (nSPS) is 17.4. The summed E-state index contributed by atoms with van der Waals surface area (Å²) < 4.78 is 1.99. The first kappa shape index (κ1) is 9.01. The minimum Gasteiger partial charge on any atom is -0.353 e. The lowest BCUT2D eigenvalue weighted by molar-refractivity contribution is 0.430. The van der Waals surface area contributed by atoms with Crippen LogP contribution in [0.4, 0.5) is 0 Å². The highest BCUT2D eigenvalue weighted by Crippen LogP contribution is 2.49. The largest absolute Gasteiger partial charge is 0.353 e. The summed E-state index contributed by atoms with van der Waals surface area (Å²) in [4.78, 5) is 10.9. The van der Waals surface area contributed by atoms with Crippen LogP contribution >= 0.6 is 0 Å². The number of nitrogens with zero attached hydrogens (tertiary/aromatic N) is 2. The van der Waals surface area contributed by atoms with E-state index in [9.17, 15) is 4.79 Å². The van der Waals surface area contributed by atoms with Crippen LogP contribution in [0.25, 0.3) is 0 Å². The van der Waals surface area contributed by atoms with Gasteiger partial charge in [-0.05, 0) is 12.8 Å². The molecule has 0 spiro atoms. The maximum atomic E-state index is 10.9. The summed E-state index contributed by atoms with van der Waals surface area (Å²) in [7, 11) is 0. The SMILES string of the molecule is N#CCC1(Cn2ccc(=O)cc2)CC1. The van der Waals surface area contributed by atoms with Gasteiger partial charge in [0, 0.05) is 42.9 Å². The molecule has 14 heavy (non-hydrogen) atoms. The van der Waals surface area contributed by atoms with E-state index in [4.69, 9.17) is 5.26 Å². The third-order valence-corrected chi connectivity index (χ3v) is 2.79. The second kappa shape index (κ2) is 3.30. The molecule has 3 nitrogen and oxygen atoms in total. The van der Waals surface area contributed by atoms with Crippen molar-refractivity contribution in [3.05, 3.63) is 34.7 Å². The molecular formula is C11H12N2O. The van der Waals surface area contributed by atoms with Crippen LogP contribution < -0.4 is 5.43 Å². The lowest BCUT2D eigenvalue weighted by atomic mass is 10.0. The third kappa shape index (κ3) is 1.85. The standard InChI is InChI=1S/C11H12N2O/c12-6-5-11(3-4-11)9-13-7-1-10(14)2-8-13/h1-2,7-8H,3-5,9H2. The maximum absolute atomic E-state index is 10.9. The van der Waals surface area contributed by atoms with E-state index in [-0.39, 0.29) is 10.8 Å². The van der Waals surface area contributed by atoms with Gasteiger partial charge in [0.2, 0.25) is 0 Å². The number of rotatable bonds is 3. The monoisotopic (exact) mass is 188 g/mol. The second-order valence-electron chi connectivity index (χ2n) is 4.04. The molecule has 0 radical (unpaired) electrons. The zero-order chi connectivity index (χ0) is 10.0. The number of pyridine rings is 1. The molecule has 1 heterocycles. The van der Waals surface area contributed by atoms with Crippen LogP contribution in [0.1, 0.15) is 19.3 Å². The van der Waals surface area contributed by atoms with Gasteiger partial charge < -0.3 is 4.57 Å². The van der Waals surface area contributed by atoms with Gasteiger partial charge in [-0.3, -0.25) is 4.79 Å². The Bertz CT molecular complexity index is 403. The van der Waals surface area contributed by atoms with Crippen LogP contribution in [-0.2, 0) is 6.54 Å². The Labute approximate surface area is 82.6 Å². The summed E-state index contributed by atoms with van der Waals surface area (Å²) in [5.41, 5.74) is 0.232. The number of hydrogen-bond acceptors (Lipinski definition) is 2. The molecule has 72 valence electrons. The first-order chi connectivity index (χ1) is 6.74. The second-order valence-corrected chi connectivity index (χ2v) is 4.04. The van der Waals surface area contributed by atoms with Crippen LogP contribution in [-0.4, -0.2) is 4.57 Å². The maximum Gasteiger partial charge on any atom is 0.181 e. The Hall–Kier alpha value is -1.56. The topological polar surface area (TPSA) is 45.8 Å². The van der Waals surface area contributed by atoms with Gasteiger partial charge >= 0.3 is 0 Å². The molecule has 0 unspecified atom stereocenters. The van der Waals surface area contributed by atoms with Crippen molar-refractivity contribution in [3.8, 4) is 6.07 Å². The zero-order valence-corrected chi connectivity index (χ0v) is 7.94. The van der Waals surface area contributed by atoms with Crippen molar-refractivity contribution >= 4 is 0 Å². The molecule has 3 heteroatoms. The molecule has 0 bridgehead atoms. The van der Waals surface area contributed by atoms with E-state index in [1.807, 2.05) is 4.57 Å². The van der Waals surface area contributed by atoms with Crippen molar-refractivity contribution in [1.82, 2.24) is 4.57 Å². The van der Waals surface area contributed by atoms with E-state index < -0.39 is 0 Å². The minimum absolute atomic E-state index is 0.0337. The fraction of sp³-hybridized carbons (Fsp3) is 0.455. The Morgan fingerprint density at radius 3 is 2.57 bits per heavy atom. The minimum atomic E-state index is 0.0337. The van der Waals surface area contributed by atoms with Gasteiger partial charge in [-0.25, -0.2) is 0 Å². The van der Waals surface area contributed by atoms with Gasteiger partial charge in [0.15, 0.2) is 5.43 Å². The number of aromatic nitrogens is 1. The molecule has 1 aliphatic carbocycles. The number of hydrogen-bond donors (Lipinski definition) is 0. The summed E-state index contributed by atoms with van der Waals surface area (Å²) in [6, 6.07) is 5.34. The van der Waals surface area contributed by atoms with Crippen LogP contribution in [0.3, 0.4) is 0 Å². The van der Waals surface area contributed by atoms with Crippen molar-refractivity contribution in [1.29, 1.82) is 5.26 Å². The molecule has 1 saturated carbocycles. The highest BCUT2D eigenvalue weighted by Gasteiger charge is 2.42. The lowest BCUT2D eigenvalue weighted by Gasteiger charge is -2.13. The molecule has 0 aromatic carbocycles. The van der Waals surface area contributed by atoms with Gasteiger partial charge in [0.25, 0.3) is 0 Å². The molecule has 1 aliphatic rings. The molecule has 1 aromatic heterocycles. The highest BCUT2D eigenvalue weighted by atomic mass is 16.1. The Kier molecular flexibility index (Phi) is 2.12. The summed E-state index contributed by atoms with van der Waals surface area (Å²) in [6.07, 6.45) is 6.47. The summed E-state index contributed by atoms with van der Waals surface area (Å²) in [5, 5.41) is 8.65. The predicted molar refractivity (Wildman–Crippen MR) is 52.6 cm³/mol. The van der Waals surface area contributed by atoms with E-state index in [0.29, 0.717) is 6.42 Å². The van der Waals surface area contributed by atoms with Crippen LogP contribution in [0.15, 0.2) is 29.3 Å². The molecule has 0 saturated heterocycles. The van der Waals surface area contributed by atoms with E-state index >= 15 is 0 Å². The Morgan fingerprint density at radius 2 is 2.07 bits per heavy atom. The van der Waals surface area contributed by atoms with E-state index in [2.05, 4.69) is 6.07 Å². The van der Waals surface area contributed by atoms with Crippen LogP contribution in [0.2, 0.25) is 0 Å². The Morgan fingerprint density at radius 1 is 1.43 bits per heavy atom. The molecule has 1 fully saturated rings. The highest BCUT2D eigenvalue weighted by molar-refractivity contribution is 5.02. The quantitative estimate of drug-likeness (QED) is 0.722. The zero-order valence-electron chi connectivity index (χ0n) is 7.94. The first-order valence-electron chi connectivity index (χ1n) is 4.77. The fourth-order valence-electron chi connectivity index (χ4n) is 1.67. The fourth-order valence-corrected chi connectivity index (χ4v) is 1.67. The third-order valence-electron chi connectivity index (χ3n) is 2.79. The first-order valence-corrected chi connectivity index (χ1v) is 4.77. The molecule has 1 aromatic rings. The van der Waals surface area contributed by atoms with E-state index in [1.165, 1.54) is 0 Å². The van der Waals surface area contributed by atoms with Crippen molar-refractivity contribution in [2.45, 2.75) is 25.8 Å². The average molecular weight is 188 g/mol. The summed E-state index contributed by atoms with van der Waals surface area (Å²) in [6.45, 7) is 0.862. The Balaban J connectivity index is 2.08. The van der Waals surface area contributed by atoms with Gasteiger partial charge in [-0.15, -0.1) is 0 Å². The van der Waals surface area contributed by atoms with Gasteiger partial charge in [-0.2, -0.15) is 5.26 Å². The van der Waals surface area contributed by atoms with E-state index in [1.54, 1.807) is 24.5 Å². The molecular weight excluding hydrogens is 176 g/mol. The molecule has 0 amide bonds. The predicted octanol–water partition coefficient (Wildman–Crippen LogP) is 1.54. The van der Waals surface area contributed by atoms with Gasteiger partial charge in [0.05, 0.1) is 6.07 Å². The van der Waals surface area contributed by atoms with Gasteiger partial charge in [0.1, 0.15) is 0 Å². The number of nitriles is 1. The molecule has 0 aliphatic heterocycles. The van der Waals surface area contributed by atoms with E-state index in [0.717, 1.165) is 19.4 Å². The summed E-state index contributed by atoms with van der Waals surface area (Å²) in [5.74, 6) is 0. The van der Waals surface area contributed by atoms with Crippen molar-refractivity contribution in [3.63, 3.8) is 0 Å². The van der Waals surface area contributed by atoms with Crippen molar-refractivity contribution in [2.75, 3.05) is 0 Å². The lowest BCUT2D eigenvalue weighted by Crippen LogP contribution is -2.12. The molecule has 0 atom stereocenters. The molecule has 2 rings (SSSR count). The smallest absolute Gasteiger partial charge is 0.181 e. The van der Waals surface area contributed by atoms with Gasteiger partial charge in [-0.1, -0.05) is 0 Å². The summed E-state index contributed by atoms with van der Waals surface area (Å²) >= 11 is 0. The van der Waals surface area contributed by atoms with Crippen LogP contribution in [0.5, 0.6) is 0 Å².